The number of fused-ring (bicyclic) bond motifs is 2. The molecule has 2 heterocycles. The molecule has 0 aromatic heterocycles. The molecule has 0 amide bonds. The molecule has 2 aromatic carbocycles. The van der Waals surface area contributed by atoms with Crippen LogP contribution in [0.5, 0.6) is 11.5 Å². The van der Waals surface area contributed by atoms with Gasteiger partial charge in [-0.2, -0.15) is 0 Å². The Morgan fingerprint density at radius 1 is 0.880 bits per heavy atom. The van der Waals surface area contributed by atoms with Crippen LogP contribution in [0.15, 0.2) is 36.4 Å². The maximum absolute atomic E-state index is 13.3. The fourth-order valence-corrected chi connectivity index (χ4v) is 3.70. The highest BCUT2D eigenvalue weighted by molar-refractivity contribution is 5.93. The minimum atomic E-state index is -0.407. The highest BCUT2D eigenvalue weighted by Crippen LogP contribution is 2.38. The maximum Gasteiger partial charge on any atom is 0.150 e. The number of hydrogen-bond acceptors (Lipinski definition) is 3. The van der Waals surface area contributed by atoms with E-state index in [-0.39, 0.29) is 11.7 Å². The molecule has 0 aliphatic carbocycles. The lowest BCUT2D eigenvalue weighted by Crippen LogP contribution is -2.27. The van der Waals surface area contributed by atoms with Crippen molar-refractivity contribution in [3.05, 3.63) is 58.7 Å². The van der Waals surface area contributed by atoms with Crippen molar-refractivity contribution in [1.82, 2.24) is 0 Å². The van der Waals surface area contributed by atoms with E-state index in [1.165, 1.54) is 11.1 Å². The number of Topliss-reactive ketones (excluding diaryl/α,β-unsaturated/α-hetero) is 1. The molecule has 0 atom stereocenters. The van der Waals surface area contributed by atoms with Crippen LogP contribution in [0, 0.1) is 5.41 Å². The molecule has 0 radical (unpaired) electrons. The van der Waals surface area contributed by atoms with Gasteiger partial charge in [0.25, 0.3) is 0 Å². The molecule has 130 valence electrons. The largest absolute Gasteiger partial charge is 0.493 e. The minimum absolute atomic E-state index is 0.241. The van der Waals surface area contributed by atoms with Gasteiger partial charge in [-0.25, -0.2) is 0 Å². The summed E-state index contributed by atoms with van der Waals surface area (Å²) in [5, 5.41) is 0. The van der Waals surface area contributed by atoms with Crippen molar-refractivity contribution >= 4 is 5.78 Å². The van der Waals surface area contributed by atoms with Crippen LogP contribution < -0.4 is 9.47 Å². The Bertz CT molecular complexity index is 772. The summed E-state index contributed by atoms with van der Waals surface area (Å²) in [6, 6.07) is 12.4. The van der Waals surface area contributed by atoms with E-state index >= 15 is 0 Å². The van der Waals surface area contributed by atoms with Gasteiger partial charge in [0.05, 0.1) is 19.1 Å². The van der Waals surface area contributed by atoms with E-state index < -0.39 is 5.41 Å². The fraction of sp³-hybridized carbons (Fsp3) is 0.409. The smallest absolute Gasteiger partial charge is 0.150 e. The van der Waals surface area contributed by atoms with Gasteiger partial charge < -0.3 is 9.47 Å². The monoisotopic (exact) mass is 336 g/mol. The zero-order valence-electron chi connectivity index (χ0n) is 15.1. The molecule has 4 rings (SSSR count). The Balaban J connectivity index is 1.81. The van der Waals surface area contributed by atoms with E-state index in [0.717, 1.165) is 48.7 Å². The Morgan fingerprint density at radius 2 is 1.36 bits per heavy atom. The van der Waals surface area contributed by atoms with Gasteiger partial charge in [-0.3, -0.25) is 4.79 Å². The Labute approximate surface area is 149 Å². The van der Waals surface area contributed by atoms with Crippen LogP contribution in [0.2, 0.25) is 0 Å². The zero-order valence-corrected chi connectivity index (χ0v) is 15.1. The Morgan fingerprint density at radius 3 is 1.80 bits per heavy atom. The lowest BCUT2D eigenvalue weighted by molar-refractivity contribution is -0.126. The third-order valence-electron chi connectivity index (χ3n) is 5.10. The topological polar surface area (TPSA) is 35.5 Å². The van der Waals surface area contributed by atoms with Crippen molar-refractivity contribution < 1.29 is 14.3 Å². The second kappa shape index (κ2) is 5.91. The lowest BCUT2D eigenvalue weighted by Gasteiger charge is -2.26. The standard InChI is InChI=1S/C22H24O3/c1-22(2,3)21(23)20(16-4-6-18-14(12-16)8-10-24-18)17-5-7-19-15(13-17)9-11-25-19/h4-7,12-13,20H,8-11H2,1-3H3. The summed E-state index contributed by atoms with van der Waals surface area (Å²) in [5.74, 6) is 1.89. The van der Waals surface area contributed by atoms with Crippen LogP contribution in [0.25, 0.3) is 0 Å². The van der Waals surface area contributed by atoms with Gasteiger partial charge in [0.1, 0.15) is 17.3 Å². The van der Waals surface area contributed by atoms with Crippen molar-refractivity contribution in [2.75, 3.05) is 13.2 Å². The van der Waals surface area contributed by atoms with Crippen LogP contribution in [0.3, 0.4) is 0 Å². The summed E-state index contributed by atoms with van der Waals surface area (Å²) < 4.78 is 11.3. The van der Waals surface area contributed by atoms with Crippen LogP contribution in [-0.4, -0.2) is 19.0 Å². The molecule has 0 spiro atoms. The van der Waals surface area contributed by atoms with Crippen molar-refractivity contribution in [3.8, 4) is 11.5 Å². The molecule has 0 unspecified atom stereocenters. The molecule has 25 heavy (non-hydrogen) atoms. The molecule has 3 heteroatoms. The summed E-state index contributed by atoms with van der Waals surface area (Å²) in [6.45, 7) is 7.44. The first-order valence-corrected chi connectivity index (χ1v) is 8.99. The average Bonchev–Trinajstić information content (AvgIpc) is 3.22. The van der Waals surface area contributed by atoms with Crippen molar-refractivity contribution in [2.45, 2.75) is 39.5 Å². The highest BCUT2D eigenvalue weighted by Gasteiger charge is 2.33. The van der Waals surface area contributed by atoms with Crippen LogP contribution in [-0.2, 0) is 17.6 Å². The lowest BCUT2D eigenvalue weighted by atomic mass is 9.76. The van der Waals surface area contributed by atoms with E-state index in [0.29, 0.717) is 0 Å². The molecule has 2 aliphatic rings. The van der Waals surface area contributed by atoms with Gasteiger partial charge >= 0.3 is 0 Å². The fourth-order valence-electron chi connectivity index (χ4n) is 3.70. The van der Waals surface area contributed by atoms with Gasteiger partial charge in [-0.1, -0.05) is 45.0 Å². The van der Waals surface area contributed by atoms with E-state index in [1.807, 2.05) is 45.0 Å². The summed E-state index contributed by atoms with van der Waals surface area (Å²) in [4.78, 5) is 13.3. The quantitative estimate of drug-likeness (QED) is 0.838. The molecule has 2 aliphatic heterocycles. The Hall–Kier alpha value is -2.29. The molecular formula is C22H24O3. The first kappa shape index (κ1) is 16.2. The molecule has 0 fully saturated rings. The first-order valence-electron chi connectivity index (χ1n) is 8.99. The number of carbonyl (C=O) groups excluding carboxylic acids is 1. The zero-order chi connectivity index (χ0) is 17.6. The van der Waals surface area contributed by atoms with Gasteiger partial charge in [0, 0.05) is 18.3 Å². The third kappa shape index (κ3) is 2.92. The van der Waals surface area contributed by atoms with Crippen LogP contribution >= 0.6 is 0 Å². The number of hydrogen-bond donors (Lipinski definition) is 0. The average molecular weight is 336 g/mol. The second-order valence-electron chi connectivity index (χ2n) is 7.98. The van der Waals surface area contributed by atoms with E-state index in [2.05, 4.69) is 12.1 Å². The number of ether oxygens (including phenoxy) is 2. The summed E-state index contributed by atoms with van der Waals surface area (Å²) in [5.41, 5.74) is 4.11. The molecular weight excluding hydrogens is 312 g/mol. The predicted octanol–water partition coefficient (Wildman–Crippen LogP) is 4.30. The van der Waals surface area contributed by atoms with E-state index in [1.54, 1.807) is 0 Å². The number of ketones is 1. The molecule has 3 nitrogen and oxygen atoms in total. The predicted molar refractivity (Wildman–Crippen MR) is 97.6 cm³/mol. The van der Waals surface area contributed by atoms with Gasteiger partial charge in [-0.15, -0.1) is 0 Å². The maximum atomic E-state index is 13.3. The minimum Gasteiger partial charge on any atom is -0.493 e. The normalized spacial score (nSPS) is 15.5. The highest BCUT2D eigenvalue weighted by atomic mass is 16.5. The van der Waals surface area contributed by atoms with E-state index in [4.69, 9.17) is 9.47 Å². The number of rotatable bonds is 3. The SMILES string of the molecule is CC(C)(C)C(=O)C(c1ccc2c(c1)CCO2)c1ccc2c(c1)CCO2. The van der Waals surface area contributed by atoms with Crippen LogP contribution in [0.1, 0.15) is 48.9 Å². The van der Waals surface area contributed by atoms with Gasteiger partial charge in [0.15, 0.2) is 0 Å². The van der Waals surface area contributed by atoms with E-state index in [9.17, 15) is 4.79 Å². The third-order valence-corrected chi connectivity index (χ3v) is 5.10. The van der Waals surface area contributed by atoms with Crippen molar-refractivity contribution in [1.29, 1.82) is 0 Å². The summed E-state index contributed by atoms with van der Waals surface area (Å²) in [6.07, 6.45) is 1.83. The van der Waals surface area contributed by atoms with Crippen molar-refractivity contribution in [2.24, 2.45) is 5.41 Å². The number of benzene rings is 2. The Kier molecular flexibility index (Phi) is 3.82. The first-order chi connectivity index (χ1) is 11.9. The molecule has 0 bridgehead atoms. The molecule has 2 aromatic rings. The summed E-state index contributed by atoms with van der Waals surface area (Å²) in [7, 11) is 0. The second-order valence-corrected chi connectivity index (χ2v) is 7.98. The molecule has 0 saturated heterocycles. The number of carbonyl (C=O) groups is 1. The van der Waals surface area contributed by atoms with Crippen molar-refractivity contribution in [3.63, 3.8) is 0 Å². The summed E-state index contributed by atoms with van der Waals surface area (Å²) >= 11 is 0. The van der Waals surface area contributed by atoms with Gasteiger partial charge in [0.2, 0.25) is 0 Å². The molecule has 0 saturated carbocycles. The molecule has 0 N–H and O–H groups in total. The van der Waals surface area contributed by atoms with Gasteiger partial charge in [-0.05, 0) is 34.4 Å². The van der Waals surface area contributed by atoms with Crippen LogP contribution in [0.4, 0.5) is 0 Å².